The van der Waals surface area contributed by atoms with Crippen LogP contribution in [0.4, 0.5) is 5.69 Å². The van der Waals surface area contributed by atoms with Crippen molar-refractivity contribution in [3.05, 3.63) is 29.8 Å². The predicted octanol–water partition coefficient (Wildman–Crippen LogP) is 3.10. The fourth-order valence-electron chi connectivity index (χ4n) is 2.12. The van der Waals surface area contributed by atoms with E-state index in [4.69, 9.17) is 0 Å². The van der Waals surface area contributed by atoms with Crippen molar-refractivity contribution < 1.29 is 0 Å². The lowest BCUT2D eigenvalue weighted by Gasteiger charge is -2.32. The molecular formula is C16H25N3. The minimum atomic E-state index is -0.504. The zero-order valence-electron chi connectivity index (χ0n) is 12.5. The molecule has 1 aromatic carbocycles. The van der Waals surface area contributed by atoms with E-state index in [-0.39, 0.29) is 0 Å². The summed E-state index contributed by atoms with van der Waals surface area (Å²) < 4.78 is 0. The maximum atomic E-state index is 9.42. The Bertz CT molecular complexity index is 436. The van der Waals surface area contributed by atoms with Crippen LogP contribution in [0, 0.1) is 18.3 Å². The third kappa shape index (κ3) is 4.57. The van der Waals surface area contributed by atoms with E-state index in [2.05, 4.69) is 61.3 Å². The number of nitrogens with zero attached hydrogens (tertiary/aromatic N) is 2. The van der Waals surface area contributed by atoms with E-state index in [1.165, 1.54) is 11.3 Å². The highest BCUT2D eigenvalue weighted by Gasteiger charge is 2.25. The molecule has 19 heavy (non-hydrogen) atoms. The maximum absolute atomic E-state index is 9.42. The summed E-state index contributed by atoms with van der Waals surface area (Å²) in [6, 6.07) is 10.8. The van der Waals surface area contributed by atoms with Crippen LogP contribution < -0.4 is 10.2 Å². The molecule has 0 aromatic heterocycles. The van der Waals surface area contributed by atoms with Crippen molar-refractivity contribution >= 4 is 5.69 Å². The van der Waals surface area contributed by atoms with Gasteiger partial charge in [0.2, 0.25) is 0 Å². The molecule has 0 saturated heterocycles. The first-order valence-electron chi connectivity index (χ1n) is 7.02. The number of likely N-dealkylation sites (N-methyl/N-ethyl adjacent to an activating group) is 1. The molecule has 0 radical (unpaired) electrons. The van der Waals surface area contributed by atoms with Crippen LogP contribution in [0.5, 0.6) is 0 Å². The zero-order chi connectivity index (χ0) is 14.3. The first kappa shape index (κ1) is 15.5. The number of rotatable bonds is 7. The van der Waals surface area contributed by atoms with Crippen molar-refractivity contribution in [2.75, 3.05) is 24.5 Å². The molecule has 0 saturated carbocycles. The van der Waals surface area contributed by atoms with Gasteiger partial charge in [0, 0.05) is 18.8 Å². The van der Waals surface area contributed by atoms with Gasteiger partial charge in [-0.1, -0.05) is 19.1 Å². The minimum absolute atomic E-state index is 0.504. The topological polar surface area (TPSA) is 39.1 Å². The van der Waals surface area contributed by atoms with E-state index in [1.54, 1.807) is 0 Å². The van der Waals surface area contributed by atoms with Gasteiger partial charge in [-0.05, 0) is 51.4 Å². The van der Waals surface area contributed by atoms with Gasteiger partial charge in [-0.25, -0.2) is 0 Å². The number of nitrogens with one attached hydrogen (secondary N) is 1. The first-order valence-corrected chi connectivity index (χ1v) is 7.02. The monoisotopic (exact) mass is 259 g/mol. The Morgan fingerprint density at radius 3 is 2.63 bits per heavy atom. The molecule has 1 unspecified atom stereocenters. The summed E-state index contributed by atoms with van der Waals surface area (Å²) in [4.78, 5) is 2.25. The number of aryl methyl sites for hydroxylation is 1. The highest BCUT2D eigenvalue weighted by atomic mass is 15.2. The SMILES string of the molecule is CCCNC(C)(C#N)CN(CC)c1cccc(C)c1. The number of hydrogen-bond donors (Lipinski definition) is 1. The minimum Gasteiger partial charge on any atom is -0.369 e. The second-order valence-corrected chi connectivity index (χ2v) is 5.22. The summed E-state index contributed by atoms with van der Waals surface area (Å²) in [6.45, 7) is 10.8. The van der Waals surface area contributed by atoms with Crippen LogP contribution in [0.2, 0.25) is 0 Å². The number of anilines is 1. The Hall–Kier alpha value is -1.53. The van der Waals surface area contributed by atoms with Crippen LogP contribution in [-0.2, 0) is 0 Å². The molecule has 1 aromatic rings. The third-order valence-electron chi connectivity index (χ3n) is 3.27. The molecule has 1 N–H and O–H groups in total. The lowest BCUT2D eigenvalue weighted by atomic mass is 10.0. The van der Waals surface area contributed by atoms with E-state index >= 15 is 0 Å². The number of hydrogen-bond acceptors (Lipinski definition) is 3. The van der Waals surface area contributed by atoms with Crippen molar-refractivity contribution in [1.82, 2.24) is 5.32 Å². The van der Waals surface area contributed by atoms with Gasteiger partial charge < -0.3 is 4.90 Å². The van der Waals surface area contributed by atoms with E-state index in [0.29, 0.717) is 6.54 Å². The predicted molar refractivity (Wildman–Crippen MR) is 81.4 cm³/mol. The van der Waals surface area contributed by atoms with Crippen LogP contribution in [0.25, 0.3) is 0 Å². The van der Waals surface area contributed by atoms with Gasteiger partial charge in [0.1, 0.15) is 5.54 Å². The Morgan fingerprint density at radius 1 is 1.37 bits per heavy atom. The Morgan fingerprint density at radius 2 is 2.11 bits per heavy atom. The van der Waals surface area contributed by atoms with E-state index < -0.39 is 5.54 Å². The Balaban J connectivity index is 2.83. The molecule has 3 nitrogen and oxygen atoms in total. The van der Waals surface area contributed by atoms with Crippen LogP contribution in [0.3, 0.4) is 0 Å². The second-order valence-electron chi connectivity index (χ2n) is 5.22. The van der Waals surface area contributed by atoms with Crippen LogP contribution >= 0.6 is 0 Å². The second kappa shape index (κ2) is 7.16. The summed E-state index contributed by atoms with van der Waals surface area (Å²) in [7, 11) is 0. The summed E-state index contributed by atoms with van der Waals surface area (Å²) in [5.74, 6) is 0. The van der Waals surface area contributed by atoms with Gasteiger partial charge in [-0.2, -0.15) is 5.26 Å². The third-order valence-corrected chi connectivity index (χ3v) is 3.27. The number of nitriles is 1. The molecule has 1 rings (SSSR count). The molecule has 0 bridgehead atoms. The van der Waals surface area contributed by atoms with Gasteiger partial charge in [0.25, 0.3) is 0 Å². The molecule has 0 aliphatic carbocycles. The van der Waals surface area contributed by atoms with Crippen LogP contribution in [0.1, 0.15) is 32.8 Å². The summed E-state index contributed by atoms with van der Waals surface area (Å²) in [5, 5.41) is 12.8. The fourth-order valence-corrected chi connectivity index (χ4v) is 2.12. The van der Waals surface area contributed by atoms with Gasteiger partial charge in [-0.15, -0.1) is 0 Å². The Labute approximate surface area is 117 Å². The quantitative estimate of drug-likeness (QED) is 0.818. The smallest absolute Gasteiger partial charge is 0.121 e. The lowest BCUT2D eigenvalue weighted by molar-refractivity contribution is 0.444. The van der Waals surface area contributed by atoms with E-state index in [1.807, 2.05) is 6.92 Å². The molecule has 0 amide bonds. The molecule has 0 spiro atoms. The standard InChI is InChI=1S/C16H25N3/c1-5-10-18-16(4,12-17)13-19(6-2)15-9-7-8-14(3)11-15/h7-9,11,18H,5-6,10,13H2,1-4H3. The first-order chi connectivity index (χ1) is 9.04. The molecular weight excluding hydrogens is 234 g/mol. The fraction of sp³-hybridized carbons (Fsp3) is 0.562. The van der Waals surface area contributed by atoms with Gasteiger partial charge in [-0.3, -0.25) is 5.32 Å². The highest BCUT2D eigenvalue weighted by Crippen LogP contribution is 2.18. The van der Waals surface area contributed by atoms with Gasteiger partial charge in [0.05, 0.1) is 6.07 Å². The lowest BCUT2D eigenvalue weighted by Crippen LogP contribution is -2.50. The van der Waals surface area contributed by atoms with Crippen molar-refractivity contribution in [3.8, 4) is 6.07 Å². The average molecular weight is 259 g/mol. The summed E-state index contributed by atoms with van der Waals surface area (Å²) >= 11 is 0. The van der Waals surface area contributed by atoms with Crippen molar-refractivity contribution in [3.63, 3.8) is 0 Å². The number of benzene rings is 1. The summed E-state index contributed by atoms with van der Waals surface area (Å²) in [6.07, 6.45) is 1.04. The maximum Gasteiger partial charge on any atom is 0.121 e. The van der Waals surface area contributed by atoms with E-state index in [9.17, 15) is 5.26 Å². The molecule has 0 heterocycles. The molecule has 0 fully saturated rings. The van der Waals surface area contributed by atoms with Crippen molar-refractivity contribution in [2.45, 2.75) is 39.7 Å². The highest BCUT2D eigenvalue weighted by molar-refractivity contribution is 5.49. The normalized spacial score (nSPS) is 13.6. The largest absolute Gasteiger partial charge is 0.369 e. The van der Waals surface area contributed by atoms with Gasteiger partial charge >= 0.3 is 0 Å². The van der Waals surface area contributed by atoms with Crippen LogP contribution in [0.15, 0.2) is 24.3 Å². The van der Waals surface area contributed by atoms with Crippen molar-refractivity contribution in [1.29, 1.82) is 5.26 Å². The average Bonchev–Trinajstić information content (AvgIpc) is 2.42. The van der Waals surface area contributed by atoms with Crippen molar-refractivity contribution in [2.24, 2.45) is 0 Å². The molecule has 3 heteroatoms. The molecule has 1 atom stereocenters. The molecule has 0 aliphatic rings. The summed E-state index contributed by atoms with van der Waals surface area (Å²) in [5.41, 5.74) is 1.92. The molecule has 104 valence electrons. The van der Waals surface area contributed by atoms with E-state index in [0.717, 1.165) is 19.5 Å². The Kier molecular flexibility index (Phi) is 5.85. The van der Waals surface area contributed by atoms with Crippen LogP contribution in [-0.4, -0.2) is 25.2 Å². The molecule has 0 aliphatic heterocycles. The zero-order valence-corrected chi connectivity index (χ0v) is 12.5. The van der Waals surface area contributed by atoms with Gasteiger partial charge in [0.15, 0.2) is 0 Å².